The van der Waals surface area contributed by atoms with Crippen LogP contribution in [0.3, 0.4) is 0 Å². The second kappa shape index (κ2) is 7.74. The molecule has 0 spiro atoms. The van der Waals surface area contributed by atoms with E-state index in [0.717, 1.165) is 38.9 Å². The number of hydrogen-bond acceptors (Lipinski definition) is 3. The summed E-state index contributed by atoms with van der Waals surface area (Å²) in [5.41, 5.74) is 0. The zero-order valence-electron chi connectivity index (χ0n) is 11.2. The van der Waals surface area contributed by atoms with E-state index in [-0.39, 0.29) is 5.91 Å². The summed E-state index contributed by atoms with van der Waals surface area (Å²) < 4.78 is 5.30. The number of hydrogen-bond donors (Lipinski definition) is 2. The Bertz CT molecular complexity index is 244. The molecule has 2 rings (SSSR count). The summed E-state index contributed by atoms with van der Waals surface area (Å²) in [4.78, 5) is 11.9. The van der Waals surface area contributed by atoms with Crippen LogP contribution in [-0.4, -0.2) is 37.7 Å². The monoisotopic (exact) mass is 254 g/mol. The summed E-state index contributed by atoms with van der Waals surface area (Å²) in [6.07, 6.45) is 9.54. The average molecular weight is 254 g/mol. The molecule has 1 saturated carbocycles. The molecule has 4 nitrogen and oxygen atoms in total. The Balaban J connectivity index is 1.61. The first-order chi connectivity index (χ1) is 8.84. The fraction of sp³-hybridized carbons (Fsp3) is 0.929. The van der Waals surface area contributed by atoms with Crippen molar-refractivity contribution in [2.45, 2.75) is 63.5 Å². The van der Waals surface area contributed by atoms with Crippen molar-refractivity contribution >= 4 is 5.91 Å². The SMILES string of the molecule is O=C(CNC1CCOCC1)NC1CCCCCC1. The van der Waals surface area contributed by atoms with E-state index in [9.17, 15) is 4.79 Å². The molecule has 0 aromatic rings. The van der Waals surface area contributed by atoms with Crippen LogP contribution >= 0.6 is 0 Å². The molecular formula is C14H26N2O2. The summed E-state index contributed by atoms with van der Waals surface area (Å²) in [7, 11) is 0. The Morgan fingerprint density at radius 3 is 2.28 bits per heavy atom. The predicted octanol–water partition coefficient (Wildman–Crippen LogP) is 1.59. The predicted molar refractivity (Wildman–Crippen MR) is 71.5 cm³/mol. The van der Waals surface area contributed by atoms with Crippen molar-refractivity contribution < 1.29 is 9.53 Å². The Kier molecular flexibility index (Phi) is 5.94. The van der Waals surface area contributed by atoms with Gasteiger partial charge in [0.05, 0.1) is 6.54 Å². The van der Waals surface area contributed by atoms with Crippen LogP contribution < -0.4 is 10.6 Å². The van der Waals surface area contributed by atoms with Crippen molar-refractivity contribution in [2.75, 3.05) is 19.8 Å². The first-order valence-corrected chi connectivity index (χ1v) is 7.45. The molecule has 0 aromatic carbocycles. The van der Waals surface area contributed by atoms with Crippen LogP contribution in [0.2, 0.25) is 0 Å². The van der Waals surface area contributed by atoms with Crippen LogP contribution in [0.1, 0.15) is 51.4 Å². The molecule has 1 saturated heterocycles. The number of carbonyl (C=O) groups excluding carboxylic acids is 1. The van der Waals surface area contributed by atoms with Gasteiger partial charge in [-0.15, -0.1) is 0 Å². The molecule has 0 atom stereocenters. The van der Waals surface area contributed by atoms with E-state index in [2.05, 4.69) is 10.6 Å². The van der Waals surface area contributed by atoms with Gasteiger partial charge < -0.3 is 15.4 Å². The van der Waals surface area contributed by atoms with Gasteiger partial charge in [0.15, 0.2) is 0 Å². The maximum Gasteiger partial charge on any atom is 0.234 e. The molecule has 0 aromatic heterocycles. The third-order valence-electron chi connectivity index (χ3n) is 3.99. The molecule has 18 heavy (non-hydrogen) atoms. The van der Waals surface area contributed by atoms with Crippen LogP contribution in [-0.2, 0) is 9.53 Å². The fourth-order valence-electron chi connectivity index (χ4n) is 2.84. The second-order valence-corrected chi connectivity index (χ2v) is 5.52. The van der Waals surface area contributed by atoms with Gasteiger partial charge >= 0.3 is 0 Å². The molecule has 104 valence electrons. The molecule has 1 aliphatic carbocycles. The molecule has 4 heteroatoms. The maximum absolute atomic E-state index is 11.9. The first-order valence-electron chi connectivity index (χ1n) is 7.45. The zero-order chi connectivity index (χ0) is 12.6. The van der Waals surface area contributed by atoms with Crippen LogP contribution in [0, 0.1) is 0 Å². The molecule has 1 heterocycles. The van der Waals surface area contributed by atoms with Crippen molar-refractivity contribution in [3.8, 4) is 0 Å². The Labute approximate surface area is 110 Å². The van der Waals surface area contributed by atoms with E-state index in [1.165, 1.54) is 25.7 Å². The van der Waals surface area contributed by atoms with Crippen LogP contribution in [0.15, 0.2) is 0 Å². The molecule has 1 aliphatic heterocycles. The van der Waals surface area contributed by atoms with E-state index in [1.54, 1.807) is 0 Å². The van der Waals surface area contributed by atoms with Crippen LogP contribution in [0.25, 0.3) is 0 Å². The van der Waals surface area contributed by atoms with E-state index in [0.29, 0.717) is 18.6 Å². The second-order valence-electron chi connectivity index (χ2n) is 5.52. The summed E-state index contributed by atoms with van der Waals surface area (Å²) >= 11 is 0. The lowest BCUT2D eigenvalue weighted by Gasteiger charge is -2.23. The van der Waals surface area contributed by atoms with Crippen LogP contribution in [0.4, 0.5) is 0 Å². The molecule has 0 unspecified atom stereocenters. The molecule has 1 amide bonds. The molecule has 2 N–H and O–H groups in total. The van der Waals surface area contributed by atoms with Gasteiger partial charge in [-0.2, -0.15) is 0 Å². The lowest BCUT2D eigenvalue weighted by Crippen LogP contribution is -2.44. The highest BCUT2D eigenvalue weighted by molar-refractivity contribution is 5.78. The number of amides is 1. The van der Waals surface area contributed by atoms with Gasteiger partial charge in [-0.3, -0.25) is 4.79 Å². The van der Waals surface area contributed by atoms with Gasteiger partial charge in [-0.05, 0) is 25.7 Å². The standard InChI is InChI=1S/C14H26N2O2/c17-14(11-15-12-7-9-18-10-8-12)16-13-5-3-1-2-4-6-13/h12-13,15H,1-11H2,(H,16,17). The smallest absolute Gasteiger partial charge is 0.234 e. The summed E-state index contributed by atoms with van der Waals surface area (Å²) in [5.74, 6) is 0.161. The first kappa shape index (κ1) is 13.8. The lowest BCUT2D eigenvalue weighted by molar-refractivity contribution is -0.121. The average Bonchev–Trinajstić information content (AvgIpc) is 2.66. The summed E-state index contributed by atoms with van der Waals surface area (Å²) in [5, 5.41) is 6.50. The molecule has 0 radical (unpaired) electrons. The quantitative estimate of drug-likeness (QED) is 0.749. The largest absolute Gasteiger partial charge is 0.381 e. The number of rotatable bonds is 4. The van der Waals surface area contributed by atoms with E-state index in [4.69, 9.17) is 4.74 Å². The van der Waals surface area contributed by atoms with Crippen molar-refractivity contribution in [2.24, 2.45) is 0 Å². The number of ether oxygens (including phenoxy) is 1. The van der Waals surface area contributed by atoms with Crippen molar-refractivity contribution in [3.05, 3.63) is 0 Å². The van der Waals surface area contributed by atoms with Gasteiger partial charge in [-0.1, -0.05) is 25.7 Å². The highest BCUT2D eigenvalue weighted by Gasteiger charge is 2.17. The third-order valence-corrected chi connectivity index (χ3v) is 3.99. The molecule has 2 fully saturated rings. The fourth-order valence-corrected chi connectivity index (χ4v) is 2.84. The van der Waals surface area contributed by atoms with E-state index < -0.39 is 0 Å². The molecular weight excluding hydrogens is 228 g/mol. The van der Waals surface area contributed by atoms with Crippen molar-refractivity contribution in [1.82, 2.24) is 10.6 Å². The van der Waals surface area contributed by atoms with Gasteiger partial charge in [0, 0.05) is 25.3 Å². The van der Waals surface area contributed by atoms with E-state index in [1.807, 2.05) is 0 Å². The topological polar surface area (TPSA) is 50.4 Å². The van der Waals surface area contributed by atoms with Crippen molar-refractivity contribution in [1.29, 1.82) is 0 Å². The highest BCUT2D eigenvalue weighted by atomic mass is 16.5. The maximum atomic E-state index is 11.9. The van der Waals surface area contributed by atoms with Crippen molar-refractivity contribution in [3.63, 3.8) is 0 Å². The van der Waals surface area contributed by atoms with E-state index >= 15 is 0 Å². The number of carbonyl (C=O) groups is 1. The summed E-state index contributed by atoms with van der Waals surface area (Å²) in [6, 6.07) is 0.870. The Morgan fingerprint density at radius 2 is 1.61 bits per heavy atom. The minimum absolute atomic E-state index is 0.161. The van der Waals surface area contributed by atoms with Crippen LogP contribution in [0.5, 0.6) is 0 Å². The van der Waals surface area contributed by atoms with Gasteiger partial charge in [0.1, 0.15) is 0 Å². The summed E-state index contributed by atoms with van der Waals surface area (Å²) in [6.45, 7) is 2.10. The Hall–Kier alpha value is -0.610. The molecule has 0 bridgehead atoms. The molecule has 2 aliphatic rings. The minimum Gasteiger partial charge on any atom is -0.381 e. The highest BCUT2D eigenvalue weighted by Crippen LogP contribution is 2.17. The normalized spacial score (nSPS) is 23.6. The van der Waals surface area contributed by atoms with Gasteiger partial charge in [0.25, 0.3) is 0 Å². The van der Waals surface area contributed by atoms with Gasteiger partial charge in [-0.25, -0.2) is 0 Å². The number of nitrogens with one attached hydrogen (secondary N) is 2. The zero-order valence-corrected chi connectivity index (χ0v) is 11.2. The lowest BCUT2D eigenvalue weighted by atomic mass is 10.1. The minimum atomic E-state index is 0.161. The third kappa shape index (κ3) is 4.94. The Morgan fingerprint density at radius 1 is 0.944 bits per heavy atom. The van der Waals surface area contributed by atoms with Gasteiger partial charge in [0.2, 0.25) is 5.91 Å².